The van der Waals surface area contributed by atoms with Gasteiger partial charge in [0, 0.05) is 6.42 Å². The van der Waals surface area contributed by atoms with Crippen molar-refractivity contribution in [1.82, 2.24) is 5.32 Å². The lowest BCUT2D eigenvalue weighted by Gasteiger charge is -2.40. The first-order valence-electron chi connectivity index (χ1n) is 29.9. The molecule has 1 fully saturated rings. The van der Waals surface area contributed by atoms with Crippen LogP contribution < -0.4 is 5.32 Å². The second-order valence-corrected chi connectivity index (χ2v) is 21.2. The molecule has 0 aromatic rings. The number of aliphatic hydroxyl groups excluding tert-OH is 5. The summed E-state index contributed by atoms with van der Waals surface area (Å²) in [6.45, 7) is 3.82. The van der Waals surface area contributed by atoms with E-state index in [1.165, 1.54) is 244 Å². The van der Waals surface area contributed by atoms with Gasteiger partial charge in [0.15, 0.2) is 6.29 Å². The number of nitrogens with one attached hydrogen (secondary N) is 1. The van der Waals surface area contributed by atoms with Gasteiger partial charge in [-0.15, -0.1) is 0 Å². The number of ether oxygens (including phenoxy) is 2. The van der Waals surface area contributed by atoms with Crippen molar-refractivity contribution >= 4 is 5.91 Å². The highest BCUT2D eigenvalue weighted by Gasteiger charge is 2.44. The number of carbonyl (C=O) groups excluding carboxylic acids is 1. The molecule has 9 heteroatoms. The first-order valence-corrected chi connectivity index (χ1v) is 29.9. The molecule has 9 nitrogen and oxygen atoms in total. The Morgan fingerprint density at radius 2 is 0.809 bits per heavy atom. The summed E-state index contributed by atoms with van der Waals surface area (Å²) in [5.41, 5.74) is 0. The number of carbonyl (C=O) groups is 1. The lowest BCUT2D eigenvalue weighted by molar-refractivity contribution is -0.302. The maximum absolute atomic E-state index is 13.0. The second-order valence-electron chi connectivity index (χ2n) is 21.2. The van der Waals surface area contributed by atoms with Crippen molar-refractivity contribution in [3.05, 3.63) is 12.2 Å². The Hall–Kier alpha value is -1.07. The van der Waals surface area contributed by atoms with E-state index in [4.69, 9.17) is 9.47 Å². The van der Waals surface area contributed by atoms with E-state index in [0.717, 1.165) is 38.5 Å². The maximum Gasteiger partial charge on any atom is 0.220 e. The summed E-state index contributed by atoms with van der Waals surface area (Å²) >= 11 is 0. The van der Waals surface area contributed by atoms with Gasteiger partial charge in [0.1, 0.15) is 24.4 Å². The van der Waals surface area contributed by atoms with Crippen LogP contribution in [0.4, 0.5) is 0 Å². The molecule has 0 bridgehead atoms. The number of rotatable bonds is 52. The Labute approximate surface area is 420 Å². The van der Waals surface area contributed by atoms with Crippen molar-refractivity contribution in [2.24, 2.45) is 0 Å². The molecule has 1 amide bonds. The third-order valence-electron chi connectivity index (χ3n) is 14.6. The van der Waals surface area contributed by atoms with E-state index in [1.54, 1.807) is 6.08 Å². The summed E-state index contributed by atoms with van der Waals surface area (Å²) in [5.74, 6) is -0.170. The van der Waals surface area contributed by atoms with Crippen LogP contribution in [0.3, 0.4) is 0 Å². The molecule has 7 atom stereocenters. The summed E-state index contributed by atoms with van der Waals surface area (Å²) in [7, 11) is 0. The molecule has 0 aromatic heterocycles. The Bertz CT molecular complexity index is 1080. The average Bonchev–Trinajstić information content (AvgIpc) is 3.34. The van der Waals surface area contributed by atoms with Gasteiger partial charge in [-0.3, -0.25) is 4.79 Å². The lowest BCUT2D eigenvalue weighted by atomic mass is 9.99. The van der Waals surface area contributed by atoms with Gasteiger partial charge in [-0.25, -0.2) is 0 Å². The van der Waals surface area contributed by atoms with Gasteiger partial charge < -0.3 is 40.3 Å². The van der Waals surface area contributed by atoms with Gasteiger partial charge in [0.25, 0.3) is 0 Å². The summed E-state index contributed by atoms with van der Waals surface area (Å²) in [5, 5.41) is 54.5. The maximum atomic E-state index is 13.0. The third kappa shape index (κ3) is 38.6. The van der Waals surface area contributed by atoms with Gasteiger partial charge in [-0.2, -0.15) is 0 Å². The number of hydrogen-bond acceptors (Lipinski definition) is 8. The van der Waals surface area contributed by atoms with Crippen molar-refractivity contribution in [1.29, 1.82) is 0 Å². The zero-order chi connectivity index (χ0) is 49.4. The molecule has 1 heterocycles. The smallest absolute Gasteiger partial charge is 0.220 e. The van der Waals surface area contributed by atoms with Crippen molar-refractivity contribution < 1.29 is 39.8 Å². The zero-order valence-corrected chi connectivity index (χ0v) is 44.9. The van der Waals surface area contributed by atoms with Crippen LogP contribution >= 0.6 is 0 Å². The molecule has 0 aliphatic carbocycles. The molecule has 1 saturated heterocycles. The summed E-state index contributed by atoms with van der Waals surface area (Å²) in [6.07, 6.45) is 54.4. The Kier molecular flexibility index (Phi) is 47.3. The SMILES string of the molecule is CCCCCCCCCCCCCCC/C=C/[C@@H](O)[C@H](CO[C@@H]1O[C@H](CO)[C@@H](O)C(O)C1O)NC(=O)CCCCCCCCCCCCCCCCCCCCCCCCCCCCCCCC. The van der Waals surface area contributed by atoms with Crippen LogP contribution in [0.25, 0.3) is 0 Å². The Morgan fingerprint density at radius 1 is 0.485 bits per heavy atom. The largest absolute Gasteiger partial charge is 0.394 e. The molecule has 68 heavy (non-hydrogen) atoms. The van der Waals surface area contributed by atoms with Crippen molar-refractivity contribution in [3.63, 3.8) is 0 Å². The minimum Gasteiger partial charge on any atom is -0.394 e. The van der Waals surface area contributed by atoms with Crippen LogP contribution in [0.15, 0.2) is 12.2 Å². The quantitative estimate of drug-likeness (QED) is 0.0261. The lowest BCUT2D eigenvalue weighted by Crippen LogP contribution is -2.60. The normalized spacial score (nSPS) is 19.5. The van der Waals surface area contributed by atoms with E-state index in [9.17, 15) is 30.3 Å². The number of unbranched alkanes of at least 4 members (excludes halogenated alkanes) is 42. The standard InChI is InChI=1S/C59H115NO8/c1-3-5-7-9-11-13-15-17-19-20-21-22-23-24-25-26-27-28-29-30-31-32-33-35-37-39-41-43-45-47-49-55(63)60-52(51-67-59-58(66)57(65)56(64)54(50-61)68-59)53(62)48-46-44-42-40-38-36-34-18-16-14-12-10-8-6-4-2/h46,48,52-54,56-59,61-62,64-66H,3-45,47,49-51H2,1-2H3,(H,60,63)/b48-46+/t52-,53+,54+,56+,57?,58?,59+/m0/s1. The predicted molar refractivity (Wildman–Crippen MR) is 286 cm³/mol. The highest BCUT2D eigenvalue weighted by molar-refractivity contribution is 5.76. The van der Waals surface area contributed by atoms with Crippen LogP contribution in [0.5, 0.6) is 0 Å². The van der Waals surface area contributed by atoms with Crippen molar-refractivity contribution in [2.45, 2.75) is 346 Å². The van der Waals surface area contributed by atoms with Gasteiger partial charge >= 0.3 is 0 Å². The molecule has 0 aromatic carbocycles. The number of allylic oxidation sites excluding steroid dienone is 1. The van der Waals surface area contributed by atoms with E-state index in [0.29, 0.717) is 6.42 Å². The number of aliphatic hydroxyl groups is 5. The average molecular weight is 967 g/mol. The first-order chi connectivity index (χ1) is 33.3. The molecule has 0 saturated carbocycles. The van der Waals surface area contributed by atoms with E-state index in [-0.39, 0.29) is 12.5 Å². The minimum atomic E-state index is -1.56. The Morgan fingerprint density at radius 3 is 1.15 bits per heavy atom. The van der Waals surface area contributed by atoms with Gasteiger partial charge in [-0.05, 0) is 19.3 Å². The van der Waals surface area contributed by atoms with Crippen molar-refractivity contribution in [3.8, 4) is 0 Å². The highest BCUT2D eigenvalue weighted by atomic mass is 16.7. The fourth-order valence-electron chi connectivity index (χ4n) is 9.87. The molecule has 0 radical (unpaired) electrons. The molecule has 0 spiro atoms. The van der Waals surface area contributed by atoms with Crippen LogP contribution in [-0.2, 0) is 14.3 Å². The van der Waals surface area contributed by atoms with E-state index < -0.39 is 49.5 Å². The van der Waals surface area contributed by atoms with Gasteiger partial charge in [0.2, 0.25) is 5.91 Å². The van der Waals surface area contributed by atoms with E-state index in [1.807, 2.05) is 6.08 Å². The van der Waals surface area contributed by atoms with Crippen molar-refractivity contribution in [2.75, 3.05) is 13.2 Å². The molecule has 2 unspecified atom stereocenters. The molecular weight excluding hydrogens is 851 g/mol. The van der Waals surface area contributed by atoms with E-state index >= 15 is 0 Å². The molecule has 1 aliphatic heterocycles. The summed E-state index contributed by atoms with van der Waals surface area (Å²) in [4.78, 5) is 13.0. The first kappa shape index (κ1) is 64.9. The fraction of sp³-hybridized carbons (Fsp3) is 0.949. The zero-order valence-electron chi connectivity index (χ0n) is 44.9. The number of hydrogen-bond donors (Lipinski definition) is 6. The summed E-state index contributed by atoms with van der Waals surface area (Å²) < 4.78 is 11.3. The predicted octanol–water partition coefficient (Wildman–Crippen LogP) is 14.8. The Balaban J connectivity index is 2.13. The molecule has 1 rings (SSSR count). The molecule has 404 valence electrons. The highest BCUT2D eigenvalue weighted by Crippen LogP contribution is 2.23. The van der Waals surface area contributed by atoms with Crippen LogP contribution in [0.2, 0.25) is 0 Å². The second kappa shape index (κ2) is 49.5. The third-order valence-corrected chi connectivity index (χ3v) is 14.6. The van der Waals surface area contributed by atoms with Crippen LogP contribution in [0.1, 0.15) is 303 Å². The van der Waals surface area contributed by atoms with Crippen LogP contribution in [0, 0.1) is 0 Å². The van der Waals surface area contributed by atoms with Gasteiger partial charge in [-0.1, -0.05) is 289 Å². The monoisotopic (exact) mass is 966 g/mol. The topological polar surface area (TPSA) is 149 Å². The van der Waals surface area contributed by atoms with Crippen LogP contribution in [-0.4, -0.2) is 87.5 Å². The fourth-order valence-corrected chi connectivity index (χ4v) is 9.87. The summed E-state index contributed by atoms with van der Waals surface area (Å²) in [6, 6.07) is -0.800. The van der Waals surface area contributed by atoms with E-state index in [2.05, 4.69) is 19.2 Å². The molecule has 1 aliphatic rings. The van der Waals surface area contributed by atoms with Gasteiger partial charge in [0.05, 0.1) is 25.4 Å². The number of amides is 1. The molecular formula is C59H115NO8. The minimum absolute atomic E-state index is 0.170. The molecule has 6 N–H and O–H groups in total.